The molecule has 5 heteroatoms. The van der Waals surface area contributed by atoms with Crippen LogP contribution in [0.25, 0.3) is 0 Å². The maximum absolute atomic E-state index is 14.1. The van der Waals surface area contributed by atoms with E-state index in [4.69, 9.17) is 4.74 Å². The van der Waals surface area contributed by atoms with E-state index >= 15 is 0 Å². The van der Waals surface area contributed by atoms with Crippen LogP contribution in [0.5, 0.6) is 0 Å². The van der Waals surface area contributed by atoms with Crippen molar-refractivity contribution in [3.8, 4) is 0 Å². The number of Topliss-reactive ketones (excluding diaryl/α,β-unsaturated/α-hetero) is 1. The van der Waals surface area contributed by atoms with Crippen LogP contribution in [0.2, 0.25) is 0 Å². The van der Waals surface area contributed by atoms with Crippen LogP contribution in [0.4, 0.5) is 0 Å². The second kappa shape index (κ2) is 8.91. The molecule has 1 unspecified atom stereocenters. The number of rotatable bonds is 7. The third-order valence-corrected chi connectivity index (χ3v) is 9.10. The summed E-state index contributed by atoms with van der Waals surface area (Å²) in [4.78, 5) is 26.7. The molecule has 0 aromatic rings. The summed E-state index contributed by atoms with van der Waals surface area (Å²) in [6, 6.07) is 0. The van der Waals surface area contributed by atoms with E-state index in [1.165, 1.54) is 12.5 Å². The Labute approximate surface area is 203 Å². The van der Waals surface area contributed by atoms with Crippen molar-refractivity contribution >= 4 is 11.8 Å². The molecule has 7 atom stereocenters. The summed E-state index contributed by atoms with van der Waals surface area (Å²) in [6.45, 7) is 10.4. The van der Waals surface area contributed by atoms with Crippen molar-refractivity contribution in [2.24, 2.45) is 34.5 Å². The molecule has 2 N–H and O–H groups in total. The summed E-state index contributed by atoms with van der Waals surface area (Å²) in [7, 11) is 0. The van der Waals surface area contributed by atoms with Crippen LogP contribution in [0.1, 0.15) is 73.1 Å². The lowest BCUT2D eigenvalue weighted by Gasteiger charge is -2.46. The quantitative estimate of drug-likeness (QED) is 0.180. The average Bonchev–Trinajstić information content (AvgIpc) is 3.21. The minimum atomic E-state index is -1.72. The first-order valence-corrected chi connectivity index (χ1v) is 12.9. The molecule has 4 aliphatic carbocycles. The van der Waals surface area contributed by atoms with Crippen molar-refractivity contribution in [3.63, 3.8) is 0 Å². The van der Waals surface area contributed by atoms with Crippen LogP contribution < -0.4 is 0 Å². The molecule has 0 radical (unpaired) electrons. The number of hydrogen-bond acceptors (Lipinski definition) is 5. The average molecular weight is 469 g/mol. The van der Waals surface area contributed by atoms with E-state index in [-0.39, 0.29) is 35.2 Å². The first-order chi connectivity index (χ1) is 16.0. The van der Waals surface area contributed by atoms with Gasteiger partial charge in [-0.15, -0.1) is 0 Å². The van der Waals surface area contributed by atoms with Gasteiger partial charge in [0.2, 0.25) is 0 Å². The highest BCUT2D eigenvalue weighted by Gasteiger charge is 2.74. The minimum Gasteiger partial charge on any atom is -0.425 e. The second-order valence-corrected chi connectivity index (χ2v) is 11.6. The van der Waals surface area contributed by atoms with Gasteiger partial charge in [-0.05, 0) is 55.4 Å². The number of carbonyl (C=O) groups is 2. The summed E-state index contributed by atoms with van der Waals surface area (Å²) in [5.41, 5.74) is -2.02. The van der Waals surface area contributed by atoms with Gasteiger partial charge in [0.1, 0.15) is 17.5 Å². The van der Waals surface area contributed by atoms with Gasteiger partial charge in [-0.1, -0.05) is 70.4 Å². The Balaban J connectivity index is 1.62. The van der Waals surface area contributed by atoms with Crippen molar-refractivity contribution in [1.82, 2.24) is 0 Å². The maximum atomic E-state index is 14.1. The molecule has 0 amide bonds. The van der Waals surface area contributed by atoms with Gasteiger partial charge < -0.3 is 14.9 Å². The van der Waals surface area contributed by atoms with E-state index < -0.39 is 29.0 Å². The number of allylic oxidation sites excluding steroid dienone is 4. The topological polar surface area (TPSA) is 83.8 Å². The van der Waals surface area contributed by atoms with E-state index in [1.54, 1.807) is 12.2 Å². The lowest BCUT2D eigenvalue weighted by Crippen LogP contribution is -2.60. The molecule has 0 aliphatic heterocycles. The lowest BCUT2D eigenvalue weighted by molar-refractivity contribution is -0.169. The van der Waals surface area contributed by atoms with Gasteiger partial charge in [-0.3, -0.25) is 4.79 Å². The van der Waals surface area contributed by atoms with Gasteiger partial charge in [0, 0.05) is 18.4 Å². The molecule has 0 saturated heterocycles. The molecule has 4 rings (SSSR count). The Morgan fingerprint density at radius 2 is 2.00 bits per heavy atom. The van der Waals surface area contributed by atoms with E-state index in [0.717, 1.165) is 31.3 Å². The van der Waals surface area contributed by atoms with Crippen LogP contribution in [-0.4, -0.2) is 33.7 Å². The maximum Gasteiger partial charge on any atom is 0.335 e. The lowest BCUT2D eigenvalue weighted by atomic mass is 9.60. The Hall–Kier alpha value is -1.98. The smallest absolute Gasteiger partial charge is 0.335 e. The fraction of sp³-hybridized carbons (Fsp3) is 0.655. The van der Waals surface area contributed by atoms with Gasteiger partial charge in [0.15, 0.2) is 5.78 Å². The largest absolute Gasteiger partial charge is 0.425 e. The van der Waals surface area contributed by atoms with Crippen molar-refractivity contribution in [2.75, 3.05) is 0 Å². The molecule has 2 saturated carbocycles. The molecular weight excluding hydrogens is 428 g/mol. The zero-order chi connectivity index (χ0) is 24.9. The fourth-order valence-electron chi connectivity index (χ4n) is 7.25. The molecule has 2 bridgehead atoms. The van der Waals surface area contributed by atoms with Crippen LogP contribution in [0, 0.1) is 34.5 Å². The Bertz CT molecular complexity index is 969. The van der Waals surface area contributed by atoms with Crippen LogP contribution in [0.3, 0.4) is 0 Å². The predicted molar refractivity (Wildman–Crippen MR) is 131 cm³/mol. The van der Waals surface area contributed by atoms with Crippen LogP contribution >= 0.6 is 0 Å². The highest BCUT2D eigenvalue weighted by Crippen LogP contribution is 2.71. The number of ether oxygens (including phenoxy) is 1. The standard InChI is InChI=1S/C29H40O5/c1-6-7-8-9-10-11-12-13-23(30)34-22-15-20-24-21(27(24,4)5)14-19(3)28(25(20)31)16-18(2)17-29(28,33)26(22)32/h10-13,15-16,19-21,24,26,32-33H,6-9,14,17H2,1-5H3/b11-10-,13-12+/t19-,20-,21-,24+,26?,28+,29-/m1/s1. The summed E-state index contributed by atoms with van der Waals surface area (Å²) in [5, 5.41) is 23.4. The van der Waals surface area contributed by atoms with Gasteiger partial charge in [0.05, 0.1) is 5.41 Å². The highest BCUT2D eigenvalue weighted by atomic mass is 16.5. The number of aliphatic hydroxyl groups excluding tert-OH is 1. The van der Waals surface area contributed by atoms with Crippen LogP contribution in [0.15, 0.2) is 47.8 Å². The number of carbonyl (C=O) groups excluding carboxylic acids is 2. The second-order valence-electron chi connectivity index (χ2n) is 11.6. The molecule has 34 heavy (non-hydrogen) atoms. The van der Waals surface area contributed by atoms with Crippen LogP contribution in [-0.2, 0) is 14.3 Å². The zero-order valence-corrected chi connectivity index (χ0v) is 21.2. The highest BCUT2D eigenvalue weighted by molar-refractivity contribution is 5.95. The SMILES string of the molecule is CCCCC/C=C\C=C\C(=O)OC1=C[C@H]2C(=O)[C@]3(C=C(C)C[C@@]3(O)C1O)[C@H](C)C[C@@H]1[C@H]2C1(C)C. The molecule has 0 aromatic heterocycles. The molecular formula is C29H40O5. The predicted octanol–water partition coefficient (Wildman–Crippen LogP) is 5.05. The van der Waals surface area contributed by atoms with Gasteiger partial charge in [-0.2, -0.15) is 0 Å². The molecule has 0 heterocycles. The molecule has 0 aromatic carbocycles. The van der Waals surface area contributed by atoms with Crippen molar-refractivity contribution in [3.05, 3.63) is 47.8 Å². The first kappa shape index (κ1) is 25.1. The number of hydrogen-bond donors (Lipinski definition) is 2. The Kier molecular flexibility index (Phi) is 6.58. The summed E-state index contributed by atoms with van der Waals surface area (Å²) in [6.07, 6.45) is 14.3. The number of fused-ring (bicyclic) bond motifs is 3. The van der Waals surface area contributed by atoms with Crippen molar-refractivity contribution in [2.45, 2.75) is 84.8 Å². The van der Waals surface area contributed by atoms with Crippen molar-refractivity contribution in [1.29, 1.82) is 0 Å². The minimum absolute atomic E-state index is 0.00273. The van der Waals surface area contributed by atoms with E-state index in [1.807, 2.05) is 32.1 Å². The summed E-state index contributed by atoms with van der Waals surface area (Å²) >= 11 is 0. The summed E-state index contributed by atoms with van der Waals surface area (Å²) < 4.78 is 5.62. The third kappa shape index (κ3) is 3.76. The Morgan fingerprint density at radius 1 is 1.26 bits per heavy atom. The van der Waals surface area contributed by atoms with Gasteiger partial charge in [-0.25, -0.2) is 4.79 Å². The molecule has 2 fully saturated rings. The van der Waals surface area contributed by atoms with E-state index in [9.17, 15) is 19.8 Å². The zero-order valence-electron chi connectivity index (χ0n) is 21.2. The monoisotopic (exact) mass is 468 g/mol. The van der Waals surface area contributed by atoms with E-state index in [0.29, 0.717) is 5.92 Å². The normalized spacial score (nSPS) is 40.3. The van der Waals surface area contributed by atoms with Gasteiger partial charge in [0.25, 0.3) is 0 Å². The third-order valence-electron chi connectivity index (χ3n) is 9.10. The Morgan fingerprint density at radius 3 is 2.71 bits per heavy atom. The van der Waals surface area contributed by atoms with Gasteiger partial charge >= 0.3 is 5.97 Å². The molecule has 4 aliphatic rings. The number of esters is 1. The van der Waals surface area contributed by atoms with Crippen molar-refractivity contribution < 1.29 is 24.5 Å². The molecule has 186 valence electrons. The summed E-state index contributed by atoms with van der Waals surface area (Å²) in [5.74, 6) is -0.823. The number of unbranched alkanes of at least 4 members (excludes halogenated alkanes) is 3. The molecule has 5 nitrogen and oxygen atoms in total. The number of ketones is 1. The first-order valence-electron chi connectivity index (χ1n) is 12.9. The van der Waals surface area contributed by atoms with E-state index in [2.05, 4.69) is 20.8 Å². The number of aliphatic hydroxyl groups is 2. The molecule has 1 spiro atoms. The fourth-order valence-corrected chi connectivity index (χ4v) is 7.25.